The molecule has 0 saturated heterocycles. The van der Waals surface area contributed by atoms with Crippen LogP contribution in [0.15, 0.2) is 18.2 Å². The van der Waals surface area contributed by atoms with Crippen molar-refractivity contribution in [2.45, 2.75) is 19.8 Å². The van der Waals surface area contributed by atoms with Crippen molar-refractivity contribution in [2.75, 3.05) is 7.11 Å². The van der Waals surface area contributed by atoms with Gasteiger partial charge in [0.1, 0.15) is 11.6 Å². The molecule has 74 valence electrons. The van der Waals surface area contributed by atoms with Crippen LogP contribution in [0.2, 0.25) is 0 Å². The van der Waals surface area contributed by atoms with Gasteiger partial charge < -0.3 is 4.74 Å². The third-order valence-corrected chi connectivity index (χ3v) is 2.67. The van der Waals surface area contributed by atoms with Crippen molar-refractivity contribution in [3.63, 3.8) is 0 Å². The van der Waals surface area contributed by atoms with E-state index in [1.165, 1.54) is 6.07 Å². The van der Waals surface area contributed by atoms with Gasteiger partial charge >= 0.3 is 0 Å². The second kappa shape index (κ2) is 3.45. The van der Waals surface area contributed by atoms with E-state index in [-0.39, 0.29) is 5.82 Å². The fourth-order valence-electron chi connectivity index (χ4n) is 1.88. The van der Waals surface area contributed by atoms with Gasteiger partial charge in [-0.1, -0.05) is 6.08 Å². The number of ether oxygens (including phenoxy) is 1. The average Bonchev–Trinajstić information content (AvgIpc) is 2.19. The van der Waals surface area contributed by atoms with E-state index in [2.05, 4.69) is 6.08 Å². The molecule has 1 aliphatic carbocycles. The van der Waals surface area contributed by atoms with Gasteiger partial charge in [-0.2, -0.15) is 0 Å². The summed E-state index contributed by atoms with van der Waals surface area (Å²) in [6.07, 6.45) is 3.87. The molecule has 0 unspecified atom stereocenters. The maximum absolute atomic E-state index is 13.6. The van der Waals surface area contributed by atoms with E-state index >= 15 is 0 Å². The van der Waals surface area contributed by atoms with Crippen molar-refractivity contribution in [1.29, 1.82) is 0 Å². The zero-order chi connectivity index (χ0) is 10.1. The van der Waals surface area contributed by atoms with Crippen LogP contribution < -0.4 is 4.74 Å². The summed E-state index contributed by atoms with van der Waals surface area (Å²) in [6.45, 7) is 2.01. The van der Waals surface area contributed by atoms with E-state index < -0.39 is 0 Å². The number of benzene rings is 1. The molecule has 1 aromatic carbocycles. The number of allylic oxidation sites excluding steroid dienone is 2. The molecule has 1 aromatic rings. The molecule has 0 bridgehead atoms. The van der Waals surface area contributed by atoms with Crippen LogP contribution >= 0.6 is 0 Å². The smallest absolute Gasteiger partial charge is 0.130 e. The minimum atomic E-state index is -0.146. The second-order valence-electron chi connectivity index (χ2n) is 3.56. The maximum atomic E-state index is 13.6. The fourth-order valence-corrected chi connectivity index (χ4v) is 1.88. The van der Waals surface area contributed by atoms with Gasteiger partial charge in [-0.25, -0.2) is 4.39 Å². The van der Waals surface area contributed by atoms with Gasteiger partial charge in [-0.15, -0.1) is 0 Å². The van der Waals surface area contributed by atoms with Gasteiger partial charge in [0.15, 0.2) is 0 Å². The first-order chi connectivity index (χ1) is 6.72. The molecule has 2 heteroatoms. The van der Waals surface area contributed by atoms with Crippen molar-refractivity contribution in [3.05, 3.63) is 35.2 Å². The molecule has 0 saturated carbocycles. The largest absolute Gasteiger partial charge is 0.497 e. The fraction of sp³-hybridized carbons (Fsp3) is 0.333. The zero-order valence-corrected chi connectivity index (χ0v) is 8.43. The van der Waals surface area contributed by atoms with Crippen molar-refractivity contribution in [1.82, 2.24) is 0 Å². The number of fused-ring (bicyclic) bond motifs is 1. The van der Waals surface area contributed by atoms with Gasteiger partial charge in [0.05, 0.1) is 7.11 Å². The first-order valence-corrected chi connectivity index (χ1v) is 4.76. The summed E-state index contributed by atoms with van der Waals surface area (Å²) in [6, 6.07) is 3.36. The molecule has 14 heavy (non-hydrogen) atoms. The normalized spacial score (nSPS) is 14.6. The van der Waals surface area contributed by atoms with Gasteiger partial charge in [0.2, 0.25) is 0 Å². The van der Waals surface area contributed by atoms with Crippen LogP contribution in [0.5, 0.6) is 5.75 Å². The highest BCUT2D eigenvalue weighted by Gasteiger charge is 2.15. The lowest BCUT2D eigenvalue weighted by molar-refractivity contribution is 0.410. The highest BCUT2D eigenvalue weighted by molar-refractivity contribution is 5.69. The molecule has 1 nitrogen and oxygen atoms in total. The Hall–Kier alpha value is -1.31. The molecule has 0 aromatic heterocycles. The lowest BCUT2D eigenvalue weighted by Crippen LogP contribution is -2.02. The van der Waals surface area contributed by atoms with E-state index in [1.54, 1.807) is 7.11 Å². The minimum Gasteiger partial charge on any atom is -0.497 e. The Morgan fingerprint density at radius 3 is 2.86 bits per heavy atom. The molecular formula is C12H13FO. The molecule has 0 heterocycles. The summed E-state index contributed by atoms with van der Waals surface area (Å²) in [5.41, 5.74) is 2.96. The molecule has 0 amide bonds. The SMILES string of the molecule is COc1cc(F)c2c(c1)C(C)=CCC2. The predicted octanol–water partition coefficient (Wildman–Crippen LogP) is 3.18. The van der Waals surface area contributed by atoms with Crippen molar-refractivity contribution < 1.29 is 9.13 Å². The highest BCUT2D eigenvalue weighted by atomic mass is 19.1. The Bertz CT molecular complexity index is 394. The van der Waals surface area contributed by atoms with Crippen LogP contribution in [-0.4, -0.2) is 7.11 Å². The van der Waals surface area contributed by atoms with E-state index in [9.17, 15) is 4.39 Å². The van der Waals surface area contributed by atoms with Gasteiger partial charge in [0.25, 0.3) is 0 Å². The summed E-state index contributed by atoms with van der Waals surface area (Å²) in [5.74, 6) is 0.447. The van der Waals surface area contributed by atoms with E-state index in [4.69, 9.17) is 4.74 Å². The van der Waals surface area contributed by atoms with Gasteiger partial charge in [-0.05, 0) is 42.5 Å². The van der Waals surface area contributed by atoms with Gasteiger partial charge in [-0.3, -0.25) is 0 Å². The quantitative estimate of drug-likeness (QED) is 0.664. The molecule has 0 radical (unpaired) electrons. The van der Waals surface area contributed by atoms with Crippen LogP contribution in [0.3, 0.4) is 0 Å². The highest BCUT2D eigenvalue weighted by Crippen LogP contribution is 2.31. The second-order valence-corrected chi connectivity index (χ2v) is 3.56. The third kappa shape index (κ3) is 1.41. The van der Waals surface area contributed by atoms with Crippen LogP contribution in [0.4, 0.5) is 4.39 Å². The van der Waals surface area contributed by atoms with E-state index in [0.717, 1.165) is 29.5 Å². The standard InChI is InChI=1S/C12H13FO/c1-8-4-3-5-10-11(8)6-9(14-2)7-12(10)13/h4,6-7H,3,5H2,1-2H3. The summed E-state index contributed by atoms with van der Waals surface area (Å²) >= 11 is 0. The van der Waals surface area contributed by atoms with Crippen LogP contribution in [-0.2, 0) is 6.42 Å². The molecule has 0 spiro atoms. The molecule has 0 atom stereocenters. The Kier molecular flexibility index (Phi) is 2.28. The molecule has 2 rings (SSSR count). The van der Waals surface area contributed by atoms with E-state index in [1.807, 2.05) is 13.0 Å². The molecule has 1 aliphatic rings. The first-order valence-electron chi connectivity index (χ1n) is 4.76. The van der Waals surface area contributed by atoms with Crippen molar-refractivity contribution in [3.8, 4) is 5.75 Å². The predicted molar refractivity (Wildman–Crippen MR) is 54.9 cm³/mol. The zero-order valence-electron chi connectivity index (χ0n) is 8.43. The molecule has 0 aliphatic heterocycles. The molecular weight excluding hydrogens is 179 g/mol. The molecule has 0 fully saturated rings. The summed E-state index contributed by atoms with van der Waals surface area (Å²) in [7, 11) is 1.56. The topological polar surface area (TPSA) is 9.23 Å². The third-order valence-electron chi connectivity index (χ3n) is 2.67. The number of rotatable bonds is 1. The van der Waals surface area contributed by atoms with Crippen LogP contribution in [0.25, 0.3) is 5.57 Å². The van der Waals surface area contributed by atoms with Crippen LogP contribution in [0, 0.1) is 5.82 Å². The number of halogens is 1. The number of hydrogen-bond acceptors (Lipinski definition) is 1. The Balaban J connectivity index is 2.60. The Morgan fingerprint density at radius 1 is 1.36 bits per heavy atom. The maximum Gasteiger partial charge on any atom is 0.130 e. The Morgan fingerprint density at radius 2 is 2.14 bits per heavy atom. The minimum absolute atomic E-state index is 0.146. The number of hydrogen-bond donors (Lipinski definition) is 0. The summed E-state index contributed by atoms with van der Waals surface area (Å²) in [4.78, 5) is 0. The average molecular weight is 192 g/mol. The lowest BCUT2D eigenvalue weighted by atomic mass is 9.91. The lowest BCUT2D eigenvalue weighted by Gasteiger charge is -2.16. The van der Waals surface area contributed by atoms with Crippen LogP contribution in [0.1, 0.15) is 24.5 Å². The summed E-state index contributed by atoms with van der Waals surface area (Å²) < 4.78 is 18.6. The molecule has 0 N–H and O–H groups in total. The van der Waals surface area contributed by atoms with Crippen molar-refractivity contribution in [2.24, 2.45) is 0 Å². The van der Waals surface area contributed by atoms with Gasteiger partial charge in [0, 0.05) is 6.07 Å². The number of methoxy groups -OCH3 is 1. The first kappa shape index (κ1) is 9.25. The monoisotopic (exact) mass is 192 g/mol. The Labute approximate surface area is 83.2 Å². The summed E-state index contributed by atoms with van der Waals surface area (Å²) in [5, 5.41) is 0. The van der Waals surface area contributed by atoms with E-state index in [0.29, 0.717) is 5.75 Å². The van der Waals surface area contributed by atoms with Crippen molar-refractivity contribution >= 4 is 5.57 Å².